The van der Waals surface area contributed by atoms with Crippen LogP contribution in [0.1, 0.15) is 18.7 Å². The first-order valence-electron chi connectivity index (χ1n) is 5.20. The minimum atomic E-state index is 0.490. The van der Waals surface area contributed by atoms with Crippen molar-refractivity contribution in [3.63, 3.8) is 0 Å². The van der Waals surface area contributed by atoms with Crippen molar-refractivity contribution in [2.75, 3.05) is 0 Å². The predicted molar refractivity (Wildman–Crippen MR) is 65.1 cm³/mol. The number of thiazole rings is 1. The molecule has 0 aliphatic carbocycles. The number of hydrogen-bond acceptors (Lipinski definition) is 5. The maximum atomic E-state index is 4.35. The van der Waals surface area contributed by atoms with Crippen LogP contribution in [0.15, 0.2) is 24.8 Å². The highest BCUT2D eigenvalue weighted by Crippen LogP contribution is 2.22. The molecule has 0 radical (unpaired) electrons. The van der Waals surface area contributed by atoms with Crippen LogP contribution in [0.4, 0.5) is 0 Å². The summed E-state index contributed by atoms with van der Waals surface area (Å²) in [5.41, 5.74) is 0.885. The summed E-state index contributed by atoms with van der Waals surface area (Å²) in [6.07, 6.45) is 5.18. The third-order valence-electron chi connectivity index (χ3n) is 2.04. The van der Waals surface area contributed by atoms with Gasteiger partial charge in [0.05, 0.1) is 0 Å². The van der Waals surface area contributed by atoms with Crippen LogP contribution in [0.5, 0.6) is 0 Å². The van der Waals surface area contributed by atoms with E-state index in [9.17, 15) is 0 Å². The lowest BCUT2D eigenvalue weighted by molar-refractivity contribution is 0.593. The number of hydrogen-bond donors (Lipinski definition) is 1. The summed E-state index contributed by atoms with van der Waals surface area (Å²) in [6, 6.07) is 2.36. The van der Waals surface area contributed by atoms with E-state index in [1.54, 1.807) is 23.9 Å². The molecule has 0 aromatic carbocycles. The molecule has 0 unspecified atom stereocenters. The Bertz CT molecular complexity index is 438. The van der Waals surface area contributed by atoms with Gasteiger partial charge in [-0.05, 0) is 6.07 Å². The summed E-state index contributed by atoms with van der Waals surface area (Å²) in [4.78, 5) is 13.6. The fourth-order valence-corrected chi connectivity index (χ4v) is 2.07. The Kier molecular flexibility index (Phi) is 3.58. The van der Waals surface area contributed by atoms with E-state index in [-0.39, 0.29) is 0 Å². The van der Waals surface area contributed by atoms with Crippen LogP contribution >= 0.6 is 11.3 Å². The minimum absolute atomic E-state index is 0.490. The lowest BCUT2D eigenvalue weighted by atomic mass is 10.4. The van der Waals surface area contributed by atoms with Gasteiger partial charge in [-0.15, -0.1) is 11.3 Å². The molecular weight excluding hydrogens is 220 g/mol. The molecule has 0 spiro atoms. The van der Waals surface area contributed by atoms with Crippen molar-refractivity contribution >= 4 is 11.3 Å². The summed E-state index contributed by atoms with van der Waals surface area (Å²) >= 11 is 1.66. The van der Waals surface area contributed by atoms with Gasteiger partial charge in [0.25, 0.3) is 0 Å². The van der Waals surface area contributed by atoms with E-state index >= 15 is 0 Å². The summed E-state index contributed by atoms with van der Waals surface area (Å²) in [7, 11) is 0. The Balaban J connectivity index is 2.08. The molecule has 4 nitrogen and oxygen atoms in total. The minimum Gasteiger partial charge on any atom is -0.310 e. The molecule has 84 valence electrons. The van der Waals surface area contributed by atoms with Crippen molar-refractivity contribution in [2.45, 2.75) is 26.4 Å². The molecule has 0 aliphatic heterocycles. The third kappa shape index (κ3) is 2.84. The highest BCUT2D eigenvalue weighted by Gasteiger charge is 2.05. The van der Waals surface area contributed by atoms with E-state index in [0.29, 0.717) is 6.04 Å². The molecule has 2 aromatic heterocycles. The molecule has 2 rings (SSSR count). The molecule has 2 aromatic rings. The Labute approximate surface area is 98.8 Å². The first-order chi connectivity index (χ1) is 7.75. The molecule has 1 N–H and O–H groups in total. The van der Waals surface area contributed by atoms with E-state index in [1.165, 1.54) is 4.88 Å². The monoisotopic (exact) mass is 234 g/mol. The van der Waals surface area contributed by atoms with Crippen LogP contribution in [0, 0.1) is 0 Å². The summed E-state index contributed by atoms with van der Waals surface area (Å²) in [5.74, 6) is 0. The zero-order valence-electron chi connectivity index (χ0n) is 9.34. The van der Waals surface area contributed by atoms with Crippen molar-refractivity contribution in [3.8, 4) is 10.7 Å². The van der Waals surface area contributed by atoms with Gasteiger partial charge in [-0.2, -0.15) is 0 Å². The molecule has 0 aliphatic rings. The molecular formula is C11H14N4S. The Hall–Kier alpha value is -1.33. The van der Waals surface area contributed by atoms with E-state index < -0.39 is 0 Å². The van der Waals surface area contributed by atoms with Gasteiger partial charge in [-0.25, -0.2) is 15.0 Å². The topological polar surface area (TPSA) is 50.7 Å². The fraction of sp³-hybridized carbons (Fsp3) is 0.364. The standard InChI is InChI=1S/C11H14N4S/c1-8(2)13-5-9-6-14-11(16-9)10-3-4-12-7-15-10/h3-4,6-8,13H,5H2,1-2H3. The fourth-order valence-electron chi connectivity index (χ4n) is 1.23. The van der Waals surface area contributed by atoms with Gasteiger partial charge in [0, 0.05) is 29.9 Å². The molecule has 16 heavy (non-hydrogen) atoms. The zero-order valence-corrected chi connectivity index (χ0v) is 10.2. The van der Waals surface area contributed by atoms with E-state index in [4.69, 9.17) is 0 Å². The molecule has 0 amide bonds. The molecule has 5 heteroatoms. The molecule has 0 bridgehead atoms. The van der Waals surface area contributed by atoms with Gasteiger partial charge in [0.2, 0.25) is 0 Å². The Morgan fingerprint density at radius 2 is 2.25 bits per heavy atom. The van der Waals surface area contributed by atoms with Crippen molar-refractivity contribution in [3.05, 3.63) is 29.7 Å². The molecule has 2 heterocycles. The maximum absolute atomic E-state index is 4.35. The van der Waals surface area contributed by atoms with Gasteiger partial charge in [-0.3, -0.25) is 0 Å². The molecule has 0 saturated heterocycles. The average molecular weight is 234 g/mol. The zero-order chi connectivity index (χ0) is 11.4. The number of nitrogens with zero attached hydrogens (tertiary/aromatic N) is 3. The van der Waals surface area contributed by atoms with Crippen LogP contribution in [0.25, 0.3) is 10.7 Å². The second-order valence-corrected chi connectivity index (χ2v) is 4.88. The summed E-state index contributed by atoms with van der Waals surface area (Å²) in [6.45, 7) is 5.12. The Morgan fingerprint density at radius 1 is 1.38 bits per heavy atom. The normalized spacial score (nSPS) is 10.9. The van der Waals surface area contributed by atoms with Crippen LogP contribution in [-0.2, 0) is 6.54 Å². The van der Waals surface area contributed by atoms with Crippen LogP contribution < -0.4 is 5.32 Å². The first kappa shape index (κ1) is 11.2. The maximum Gasteiger partial charge on any atom is 0.142 e. The van der Waals surface area contributed by atoms with Crippen molar-refractivity contribution in [1.29, 1.82) is 0 Å². The number of rotatable bonds is 4. The SMILES string of the molecule is CC(C)NCc1cnc(-c2ccncn2)s1. The van der Waals surface area contributed by atoms with E-state index in [1.807, 2.05) is 12.3 Å². The third-order valence-corrected chi connectivity index (χ3v) is 3.06. The van der Waals surface area contributed by atoms with Gasteiger partial charge >= 0.3 is 0 Å². The highest BCUT2D eigenvalue weighted by molar-refractivity contribution is 7.14. The smallest absolute Gasteiger partial charge is 0.142 e. The van der Waals surface area contributed by atoms with Gasteiger partial charge in [0.1, 0.15) is 17.0 Å². The van der Waals surface area contributed by atoms with Crippen molar-refractivity contribution < 1.29 is 0 Å². The van der Waals surface area contributed by atoms with Gasteiger partial charge in [-0.1, -0.05) is 13.8 Å². The number of nitrogens with one attached hydrogen (secondary N) is 1. The number of aromatic nitrogens is 3. The summed E-state index contributed by atoms with van der Waals surface area (Å²) < 4.78 is 0. The predicted octanol–water partition coefficient (Wildman–Crippen LogP) is 2.10. The van der Waals surface area contributed by atoms with Gasteiger partial charge < -0.3 is 5.32 Å². The van der Waals surface area contributed by atoms with E-state index in [2.05, 4.69) is 34.1 Å². The van der Waals surface area contributed by atoms with Crippen molar-refractivity contribution in [1.82, 2.24) is 20.3 Å². The van der Waals surface area contributed by atoms with Crippen molar-refractivity contribution in [2.24, 2.45) is 0 Å². The Morgan fingerprint density at radius 3 is 2.94 bits per heavy atom. The largest absolute Gasteiger partial charge is 0.310 e. The quantitative estimate of drug-likeness (QED) is 0.880. The first-order valence-corrected chi connectivity index (χ1v) is 6.02. The van der Waals surface area contributed by atoms with Crippen LogP contribution in [0.2, 0.25) is 0 Å². The van der Waals surface area contributed by atoms with Crippen LogP contribution in [0.3, 0.4) is 0 Å². The molecule has 0 fully saturated rings. The van der Waals surface area contributed by atoms with Crippen LogP contribution in [-0.4, -0.2) is 21.0 Å². The second-order valence-electron chi connectivity index (χ2n) is 3.76. The molecule has 0 saturated carbocycles. The van der Waals surface area contributed by atoms with E-state index in [0.717, 1.165) is 17.2 Å². The lowest BCUT2D eigenvalue weighted by Crippen LogP contribution is -2.21. The van der Waals surface area contributed by atoms with Gasteiger partial charge in [0.15, 0.2) is 0 Å². The highest BCUT2D eigenvalue weighted by atomic mass is 32.1. The summed E-state index contributed by atoms with van der Waals surface area (Å²) in [5, 5.41) is 4.31. The average Bonchev–Trinajstić information content (AvgIpc) is 2.76. The lowest BCUT2D eigenvalue weighted by Gasteiger charge is -2.04. The second kappa shape index (κ2) is 5.14. The molecule has 0 atom stereocenters.